The topological polar surface area (TPSA) is 162 Å². The third kappa shape index (κ3) is 5.92. The number of phenolic OH excluding ortho intramolecular Hbond substituents is 1. The number of aliphatic carboxylic acids is 1. The first-order valence-corrected chi connectivity index (χ1v) is 9.34. The van der Waals surface area contributed by atoms with E-state index >= 15 is 0 Å². The van der Waals surface area contributed by atoms with E-state index in [2.05, 4.69) is 10.6 Å². The first kappa shape index (κ1) is 22.2. The molecule has 3 amide bonds. The second-order valence-electron chi connectivity index (χ2n) is 6.95. The number of nitrogens with two attached hydrogens (primary N) is 1. The minimum Gasteiger partial charge on any atom is -0.508 e. The highest BCUT2D eigenvalue weighted by molar-refractivity contribution is 5.93. The molecule has 158 valence electrons. The summed E-state index contributed by atoms with van der Waals surface area (Å²) in [7, 11) is 0. The number of aromatic hydroxyl groups is 1. The molecule has 10 heteroatoms. The maximum Gasteiger partial charge on any atom is 0.326 e. The predicted molar refractivity (Wildman–Crippen MR) is 103 cm³/mol. The molecule has 29 heavy (non-hydrogen) atoms. The number of nitrogens with zero attached hydrogens (tertiary/aromatic N) is 1. The van der Waals surface area contributed by atoms with Gasteiger partial charge in [0.05, 0.1) is 6.54 Å². The zero-order chi connectivity index (χ0) is 21.6. The minimum atomic E-state index is -1.20. The Morgan fingerprint density at radius 2 is 1.86 bits per heavy atom. The highest BCUT2D eigenvalue weighted by Gasteiger charge is 2.37. The van der Waals surface area contributed by atoms with Crippen LogP contribution in [-0.4, -0.2) is 70.0 Å². The van der Waals surface area contributed by atoms with Crippen LogP contribution in [0.3, 0.4) is 0 Å². The van der Waals surface area contributed by atoms with E-state index in [4.69, 9.17) is 5.73 Å². The van der Waals surface area contributed by atoms with Crippen molar-refractivity contribution in [1.82, 2.24) is 15.5 Å². The van der Waals surface area contributed by atoms with Crippen LogP contribution in [0.2, 0.25) is 0 Å². The lowest BCUT2D eigenvalue weighted by molar-refractivity contribution is -0.144. The predicted octanol–water partition coefficient (Wildman–Crippen LogP) is -1.04. The molecule has 3 unspecified atom stereocenters. The van der Waals surface area contributed by atoms with Gasteiger partial charge in [0.25, 0.3) is 0 Å². The summed E-state index contributed by atoms with van der Waals surface area (Å²) >= 11 is 0. The van der Waals surface area contributed by atoms with Crippen molar-refractivity contribution < 1.29 is 29.4 Å². The number of carbonyl (C=O) groups excluding carboxylic acids is 3. The van der Waals surface area contributed by atoms with Crippen LogP contribution in [0.4, 0.5) is 0 Å². The van der Waals surface area contributed by atoms with Crippen LogP contribution in [0.1, 0.15) is 25.3 Å². The Kier molecular flexibility index (Phi) is 7.54. The molecular formula is C19H26N4O6. The average Bonchev–Trinajstić information content (AvgIpc) is 3.18. The first-order valence-electron chi connectivity index (χ1n) is 9.34. The Balaban J connectivity index is 2.04. The number of carboxylic acid groups (broad SMARTS) is 1. The van der Waals surface area contributed by atoms with Crippen LogP contribution in [0.15, 0.2) is 24.3 Å². The van der Waals surface area contributed by atoms with Gasteiger partial charge < -0.3 is 31.5 Å². The number of likely N-dealkylation sites (tertiary alicyclic amines) is 1. The lowest BCUT2D eigenvalue weighted by atomic mass is 10.0. The number of rotatable bonds is 8. The molecule has 0 saturated carbocycles. The summed E-state index contributed by atoms with van der Waals surface area (Å²) in [5, 5.41) is 23.8. The summed E-state index contributed by atoms with van der Waals surface area (Å²) in [5.74, 6) is -2.60. The number of hydrogen-bond acceptors (Lipinski definition) is 6. The highest BCUT2D eigenvalue weighted by Crippen LogP contribution is 2.19. The molecule has 0 radical (unpaired) electrons. The van der Waals surface area contributed by atoms with E-state index in [1.807, 2.05) is 0 Å². The molecule has 1 saturated heterocycles. The molecule has 2 rings (SSSR count). The molecule has 3 atom stereocenters. The van der Waals surface area contributed by atoms with Crippen molar-refractivity contribution in [2.45, 2.75) is 44.3 Å². The van der Waals surface area contributed by atoms with Crippen LogP contribution in [0.25, 0.3) is 0 Å². The summed E-state index contributed by atoms with van der Waals surface area (Å²) in [5.41, 5.74) is 5.87. The van der Waals surface area contributed by atoms with E-state index in [0.717, 1.165) is 0 Å². The van der Waals surface area contributed by atoms with Crippen molar-refractivity contribution in [3.05, 3.63) is 29.8 Å². The van der Waals surface area contributed by atoms with Crippen molar-refractivity contribution in [2.24, 2.45) is 5.73 Å². The van der Waals surface area contributed by atoms with Crippen LogP contribution in [-0.2, 0) is 25.6 Å². The molecule has 6 N–H and O–H groups in total. The quantitative estimate of drug-likeness (QED) is 0.368. The zero-order valence-corrected chi connectivity index (χ0v) is 16.1. The molecule has 1 aliphatic rings. The molecule has 0 spiro atoms. The summed E-state index contributed by atoms with van der Waals surface area (Å²) in [6.45, 7) is 1.60. The number of carbonyl (C=O) groups is 4. The Morgan fingerprint density at radius 1 is 1.21 bits per heavy atom. The van der Waals surface area contributed by atoms with Gasteiger partial charge in [-0.2, -0.15) is 0 Å². The Hall–Kier alpha value is -3.14. The van der Waals surface area contributed by atoms with Gasteiger partial charge in [0.2, 0.25) is 17.7 Å². The van der Waals surface area contributed by atoms with E-state index in [0.29, 0.717) is 24.9 Å². The summed E-state index contributed by atoms with van der Waals surface area (Å²) < 4.78 is 0. The number of benzene rings is 1. The van der Waals surface area contributed by atoms with Gasteiger partial charge in [-0.05, 0) is 37.5 Å². The maximum absolute atomic E-state index is 12.7. The second-order valence-corrected chi connectivity index (χ2v) is 6.95. The second kappa shape index (κ2) is 9.87. The van der Waals surface area contributed by atoms with Crippen molar-refractivity contribution >= 4 is 23.7 Å². The minimum absolute atomic E-state index is 0.0327. The van der Waals surface area contributed by atoms with Crippen molar-refractivity contribution in [1.29, 1.82) is 0 Å². The molecular weight excluding hydrogens is 380 g/mol. The monoisotopic (exact) mass is 406 g/mol. The van der Waals surface area contributed by atoms with Gasteiger partial charge in [-0.15, -0.1) is 0 Å². The van der Waals surface area contributed by atoms with Crippen LogP contribution in [0, 0.1) is 0 Å². The fourth-order valence-corrected chi connectivity index (χ4v) is 3.25. The number of phenols is 1. The third-order valence-electron chi connectivity index (χ3n) is 4.76. The largest absolute Gasteiger partial charge is 0.508 e. The van der Waals surface area contributed by atoms with Gasteiger partial charge in [0, 0.05) is 13.0 Å². The van der Waals surface area contributed by atoms with E-state index in [-0.39, 0.29) is 18.7 Å². The molecule has 0 bridgehead atoms. The van der Waals surface area contributed by atoms with Crippen molar-refractivity contribution in [2.75, 3.05) is 13.1 Å². The first-order chi connectivity index (χ1) is 13.7. The average molecular weight is 406 g/mol. The summed E-state index contributed by atoms with van der Waals surface area (Å²) in [4.78, 5) is 49.7. The fraction of sp³-hybridized carbons (Fsp3) is 0.474. The SMILES string of the molecule is CC(NC(=O)CN)C(=O)N1CCCC1C(=O)NC(Cc1ccc(O)cc1)C(=O)O. The van der Waals surface area contributed by atoms with E-state index < -0.39 is 41.8 Å². The number of nitrogens with one attached hydrogen (secondary N) is 2. The standard InChI is InChI=1S/C19H26N4O6/c1-11(21-16(25)10-20)18(27)23-8-2-3-15(23)17(26)22-14(19(28)29)9-12-4-6-13(24)7-5-12/h4-7,11,14-15,24H,2-3,8-10,20H2,1H3,(H,21,25)(H,22,26)(H,28,29). The van der Waals surface area contributed by atoms with E-state index in [9.17, 15) is 29.4 Å². The van der Waals surface area contributed by atoms with Gasteiger partial charge in [-0.1, -0.05) is 12.1 Å². The number of amides is 3. The molecule has 1 aromatic rings. The van der Waals surface area contributed by atoms with Crippen molar-refractivity contribution in [3.8, 4) is 5.75 Å². The zero-order valence-electron chi connectivity index (χ0n) is 16.1. The molecule has 1 fully saturated rings. The van der Waals surface area contributed by atoms with Gasteiger partial charge in [-0.25, -0.2) is 4.79 Å². The fourth-order valence-electron chi connectivity index (χ4n) is 3.25. The lowest BCUT2D eigenvalue weighted by Crippen LogP contribution is -2.55. The van der Waals surface area contributed by atoms with Gasteiger partial charge in [0.1, 0.15) is 23.9 Å². The van der Waals surface area contributed by atoms with Crippen molar-refractivity contribution in [3.63, 3.8) is 0 Å². The maximum atomic E-state index is 12.7. The molecule has 1 heterocycles. The number of carboxylic acids is 1. The smallest absolute Gasteiger partial charge is 0.326 e. The molecule has 0 aliphatic carbocycles. The third-order valence-corrected chi connectivity index (χ3v) is 4.76. The lowest BCUT2D eigenvalue weighted by Gasteiger charge is -2.28. The highest BCUT2D eigenvalue weighted by atomic mass is 16.4. The molecule has 1 aliphatic heterocycles. The van der Waals surface area contributed by atoms with E-state index in [1.165, 1.54) is 24.0 Å². The van der Waals surface area contributed by atoms with Crippen LogP contribution < -0.4 is 16.4 Å². The normalized spacial score (nSPS) is 18.0. The summed E-state index contributed by atoms with van der Waals surface area (Å²) in [6, 6.07) is 3.19. The molecule has 1 aromatic carbocycles. The molecule has 10 nitrogen and oxygen atoms in total. The van der Waals surface area contributed by atoms with E-state index in [1.54, 1.807) is 12.1 Å². The number of hydrogen-bond donors (Lipinski definition) is 5. The Labute approximate surface area is 168 Å². The Morgan fingerprint density at radius 3 is 2.45 bits per heavy atom. The van der Waals surface area contributed by atoms with Crippen LogP contribution in [0.5, 0.6) is 5.75 Å². The molecule has 0 aromatic heterocycles. The summed E-state index contributed by atoms with van der Waals surface area (Å²) in [6.07, 6.45) is 1.03. The van der Waals surface area contributed by atoms with Crippen LogP contribution >= 0.6 is 0 Å². The Bertz CT molecular complexity index is 766. The van der Waals surface area contributed by atoms with Gasteiger partial charge in [0.15, 0.2) is 0 Å². The van der Waals surface area contributed by atoms with Gasteiger partial charge >= 0.3 is 5.97 Å². The van der Waals surface area contributed by atoms with Gasteiger partial charge in [-0.3, -0.25) is 14.4 Å².